The number of hydrogen-bond donors (Lipinski definition) is 2. The highest BCUT2D eigenvalue weighted by Crippen LogP contribution is 2.17. The van der Waals surface area contributed by atoms with Gasteiger partial charge in [-0.15, -0.1) is 0 Å². The Morgan fingerprint density at radius 3 is 3.00 bits per heavy atom. The molecular formula is C14H13N3O. The van der Waals surface area contributed by atoms with E-state index in [0.29, 0.717) is 6.54 Å². The molecule has 0 saturated carbocycles. The maximum atomic E-state index is 9.39. The van der Waals surface area contributed by atoms with Gasteiger partial charge in [0, 0.05) is 30.1 Å². The van der Waals surface area contributed by atoms with Gasteiger partial charge in [-0.25, -0.2) is 4.52 Å². The van der Waals surface area contributed by atoms with E-state index < -0.39 is 0 Å². The summed E-state index contributed by atoms with van der Waals surface area (Å²) in [6.07, 6.45) is 3.78. The van der Waals surface area contributed by atoms with Gasteiger partial charge in [-0.2, -0.15) is 5.10 Å². The molecule has 4 heteroatoms. The molecule has 18 heavy (non-hydrogen) atoms. The number of rotatable bonds is 3. The second-order valence-electron chi connectivity index (χ2n) is 4.10. The van der Waals surface area contributed by atoms with Crippen molar-refractivity contribution in [3.8, 4) is 5.75 Å². The zero-order valence-corrected chi connectivity index (χ0v) is 9.74. The summed E-state index contributed by atoms with van der Waals surface area (Å²) in [5.41, 5.74) is 3.11. The molecule has 0 aliphatic carbocycles. The Kier molecular flexibility index (Phi) is 2.61. The fourth-order valence-electron chi connectivity index (χ4n) is 1.94. The molecule has 0 radical (unpaired) electrons. The topological polar surface area (TPSA) is 49.6 Å². The van der Waals surface area contributed by atoms with Crippen molar-refractivity contribution in [2.24, 2.45) is 0 Å². The summed E-state index contributed by atoms with van der Waals surface area (Å²) >= 11 is 0. The van der Waals surface area contributed by atoms with E-state index in [4.69, 9.17) is 0 Å². The van der Waals surface area contributed by atoms with Gasteiger partial charge >= 0.3 is 0 Å². The molecule has 0 unspecified atom stereocenters. The van der Waals surface area contributed by atoms with Crippen LogP contribution in [0.5, 0.6) is 5.75 Å². The predicted octanol–water partition coefficient (Wildman–Crippen LogP) is 2.65. The van der Waals surface area contributed by atoms with Gasteiger partial charge in [-0.05, 0) is 24.3 Å². The Hall–Kier alpha value is -2.49. The van der Waals surface area contributed by atoms with Crippen LogP contribution in [0.25, 0.3) is 5.52 Å². The highest BCUT2D eigenvalue weighted by atomic mass is 16.3. The molecule has 2 aromatic heterocycles. The summed E-state index contributed by atoms with van der Waals surface area (Å²) in [7, 11) is 0. The van der Waals surface area contributed by atoms with Crippen LogP contribution in [0.4, 0.5) is 5.69 Å². The van der Waals surface area contributed by atoms with Crippen LogP contribution in [-0.4, -0.2) is 14.7 Å². The number of benzene rings is 1. The van der Waals surface area contributed by atoms with E-state index in [1.807, 2.05) is 47.2 Å². The number of phenolic OH excluding ortho intramolecular Hbond substituents is 1. The number of aromatic nitrogens is 2. The van der Waals surface area contributed by atoms with E-state index in [2.05, 4.69) is 10.4 Å². The number of nitrogens with one attached hydrogen (secondary N) is 1. The predicted molar refractivity (Wildman–Crippen MR) is 70.6 cm³/mol. The van der Waals surface area contributed by atoms with E-state index in [9.17, 15) is 5.11 Å². The van der Waals surface area contributed by atoms with Crippen LogP contribution in [-0.2, 0) is 6.54 Å². The van der Waals surface area contributed by atoms with Crippen LogP contribution in [0.3, 0.4) is 0 Å². The van der Waals surface area contributed by atoms with Crippen molar-refractivity contribution in [1.29, 1.82) is 0 Å². The zero-order chi connectivity index (χ0) is 12.4. The van der Waals surface area contributed by atoms with Crippen molar-refractivity contribution in [2.45, 2.75) is 6.54 Å². The van der Waals surface area contributed by atoms with Gasteiger partial charge in [-0.1, -0.05) is 12.1 Å². The van der Waals surface area contributed by atoms with Crippen molar-refractivity contribution in [1.82, 2.24) is 9.61 Å². The number of pyridine rings is 1. The van der Waals surface area contributed by atoms with Gasteiger partial charge in [0.25, 0.3) is 0 Å². The highest BCUT2D eigenvalue weighted by Gasteiger charge is 2.02. The molecule has 0 aliphatic rings. The Morgan fingerprint density at radius 1 is 1.17 bits per heavy atom. The lowest BCUT2D eigenvalue weighted by molar-refractivity contribution is 0.475. The lowest BCUT2D eigenvalue weighted by atomic mass is 10.2. The van der Waals surface area contributed by atoms with Crippen molar-refractivity contribution in [3.05, 3.63) is 60.4 Å². The first-order chi connectivity index (χ1) is 8.83. The summed E-state index contributed by atoms with van der Waals surface area (Å²) in [5, 5.41) is 16.9. The minimum Gasteiger partial charge on any atom is -0.508 e. The lowest BCUT2D eigenvalue weighted by Gasteiger charge is -2.05. The molecule has 0 amide bonds. The van der Waals surface area contributed by atoms with E-state index in [0.717, 1.165) is 16.8 Å². The minimum absolute atomic E-state index is 0.264. The molecule has 0 atom stereocenters. The summed E-state index contributed by atoms with van der Waals surface area (Å²) < 4.78 is 1.85. The molecular weight excluding hydrogens is 226 g/mol. The highest BCUT2D eigenvalue weighted by molar-refractivity contribution is 5.56. The van der Waals surface area contributed by atoms with Gasteiger partial charge in [0.1, 0.15) is 5.75 Å². The SMILES string of the molecule is Oc1cccc(NCc2cnn3ccccc23)c1. The van der Waals surface area contributed by atoms with Gasteiger partial charge in [0.15, 0.2) is 0 Å². The normalized spacial score (nSPS) is 10.7. The van der Waals surface area contributed by atoms with E-state index in [-0.39, 0.29) is 5.75 Å². The third-order valence-electron chi connectivity index (χ3n) is 2.84. The molecule has 0 fully saturated rings. The molecule has 4 nitrogen and oxygen atoms in total. The molecule has 1 aromatic carbocycles. The standard InChI is InChI=1S/C14H13N3O/c18-13-5-3-4-12(8-13)15-9-11-10-16-17-7-2-1-6-14(11)17/h1-8,10,15,18H,9H2. The average molecular weight is 239 g/mol. The summed E-state index contributed by atoms with van der Waals surface area (Å²) in [6.45, 7) is 0.678. The maximum absolute atomic E-state index is 9.39. The third-order valence-corrected chi connectivity index (χ3v) is 2.84. The van der Waals surface area contributed by atoms with E-state index >= 15 is 0 Å². The second kappa shape index (κ2) is 4.41. The van der Waals surface area contributed by atoms with Gasteiger partial charge < -0.3 is 10.4 Å². The lowest BCUT2D eigenvalue weighted by Crippen LogP contribution is -1.98. The second-order valence-corrected chi connectivity index (χ2v) is 4.10. The van der Waals surface area contributed by atoms with Gasteiger partial charge in [-0.3, -0.25) is 0 Å². The Balaban J connectivity index is 1.81. The molecule has 3 rings (SSSR count). The summed E-state index contributed by atoms with van der Waals surface area (Å²) in [4.78, 5) is 0. The summed E-state index contributed by atoms with van der Waals surface area (Å²) in [6, 6.07) is 13.1. The first-order valence-electron chi connectivity index (χ1n) is 5.77. The fraction of sp³-hybridized carbons (Fsp3) is 0.0714. The number of phenols is 1. The van der Waals surface area contributed by atoms with Crippen LogP contribution in [0.2, 0.25) is 0 Å². The third kappa shape index (κ3) is 2.00. The molecule has 90 valence electrons. The van der Waals surface area contributed by atoms with Crippen molar-refractivity contribution in [2.75, 3.05) is 5.32 Å². The van der Waals surface area contributed by atoms with Crippen LogP contribution in [0.15, 0.2) is 54.9 Å². The number of aromatic hydroxyl groups is 1. The maximum Gasteiger partial charge on any atom is 0.117 e. The van der Waals surface area contributed by atoms with Crippen molar-refractivity contribution >= 4 is 11.2 Å². The fourth-order valence-corrected chi connectivity index (χ4v) is 1.94. The zero-order valence-electron chi connectivity index (χ0n) is 9.74. The molecule has 2 N–H and O–H groups in total. The number of nitrogens with zero attached hydrogens (tertiary/aromatic N) is 2. The van der Waals surface area contributed by atoms with Crippen molar-refractivity contribution < 1.29 is 5.11 Å². The Bertz CT molecular complexity index is 675. The monoisotopic (exact) mass is 239 g/mol. The molecule has 2 heterocycles. The van der Waals surface area contributed by atoms with Gasteiger partial charge in [0.05, 0.1) is 11.7 Å². The number of fused-ring (bicyclic) bond motifs is 1. The van der Waals surface area contributed by atoms with Crippen LogP contribution >= 0.6 is 0 Å². The Morgan fingerprint density at radius 2 is 2.11 bits per heavy atom. The summed E-state index contributed by atoms with van der Waals surface area (Å²) in [5.74, 6) is 0.264. The average Bonchev–Trinajstić information content (AvgIpc) is 2.80. The first-order valence-corrected chi connectivity index (χ1v) is 5.77. The number of hydrogen-bond acceptors (Lipinski definition) is 3. The van der Waals surface area contributed by atoms with E-state index in [1.54, 1.807) is 12.1 Å². The smallest absolute Gasteiger partial charge is 0.117 e. The quantitative estimate of drug-likeness (QED) is 0.738. The van der Waals surface area contributed by atoms with Crippen LogP contribution < -0.4 is 5.32 Å². The first kappa shape index (κ1) is 10.7. The molecule has 0 spiro atoms. The Labute approximate surface area is 105 Å². The molecule has 0 aliphatic heterocycles. The molecule has 0 bridgehead atoms. The van der Waals surface area contributed by atoms with Crippen molar-refractivity contribution in [3.63, 3.8) is 0 Å². The van der Waals surface area contributed by atoms with E-state index in [1.165, 1.54) is 0 Å². The number of anilines is 1. The molecule has 3 aromatic rings. The van der Waals surface area contributed by atoms with Crippen LogP contribution in [0.1, 0.15) is 5.56 Å². The van der Waals surface area contributed by atoms with Crippen LogP contribution in [0, 0.1) is 0 Å². The van der Waals surface area contributed by atoms with Gasteiger partial charge in [0.2, 0.25) is 0 Å². The minimum atomic E-state index is 0.264. The largest absolute Gasteiger partial charge is 0.508 e. The molecule has 0 saturated heterocycles.